The molecule has 2 nitrogen and oxygen atoms in total. The average molecular weight is 256 g/mol. The summed E-state index contributed by atoms with van der Waals surface area (Å²) >= 11 is 7.78. The van der Waals surface area contributed by atoms with Crippen molar-refractivity contribution < 1.29 is 0 Å². The van der Waals surface area contributed by atoms with Gasteiger partial charge in [-0.25, -0.2) is 0 Å². The van der Waals surface area contributed by atoms with Crippen LogP contribution < -0.4 is 5.43 Å². The van der Waals surface area contributed by atoms with Gasteiger partial charge in [-0.2, -0.15) is 5.10 Å². The molecule has 1 N–H and O–H groups in total. The van der Waals surface area contributed by atoms with Crippen molar-refractivity contribution in [2.24, 2.45) is 5.10 Å². The predicted octanol–water partition coefficient (Wildman–Crippen LogP) is 1.85. The Kier molecular flexibility index (Phi) is 2.00. The smallest absolute Gasteiger partial charge is 0.148 e. The van der Waals surface area contributed by atoms with Gasteiger partial charge in [0, 0.05) is 0 Å². The minimum Gasteiger partial charge on any atom is -0.289 e. The van der Waals surface area contributed by atoms with Crippen LogP contribution in [-0.2, 0) is 0 Å². The lowest BCUT2D eigenvalue weighted by atomic mass is 10.3. The Morgan fingerprint density at radius 2 is 2.56 bits per heavy atom. The van der Waals surface area contributed by atoms with Crippen LogP contribution in [0.1, 0.15) is 6.92 Å². The van der Waals surface area contributed by atoms with E-state index in [0.717, 1.165) is 0 Å². The monoisotopic (exact) mass is 256 g/mol. The van der Waals surface area contributed by atoms with Crippen LogP contribution in [0.2, 0.25) is 0 Å². The van der Waals surface area contributed by atoms with Crippen molar-refractivity contribution in [1.29, 1.82) is 0 Å². The largest absolute Gasteiger partial charge is 0.289 e. The van der Waals surface area contributed by atoms with Crippen LogP contribution >= 0.6 is 34.2 Å². The molecule has 1 atom stereocenters. The van der Waals surface area contributed by atoms with Gasteiger partial charge in [0.05, 0.1) is 0 Å². The van der Waals surface area contributed by atoms with Gasteiger partial charge in [0.1, 0.15) is 8.72 Å². The topological polar surface area (TPSA) is 24.4 Å². The van der Waals surface area contributed by atoms with Crippen LogP contribution in [-0.4, -0.2) is 8.72 Å². The van der Waals surface area contributed by atoms with Crippen molar-refractivity contribution in [3.63, 3.8) is 0 Å². The lowest BCUT2D eigenvalue weighted by Gasteiger charge is -2.20. The molecule has 1 aliphatic rings. The van der Waals surface area contributed by atoms with Gasteiger partial charge >= 0.3 is 0 Å². The molecule has 1 unspecified atom stereocenters. The molecule has 4 heteroatoms. The normalized spacial score (nSPS) is 33.4. The first-order chi connectivity index (χ1) is 4.10. The fourth-order valence-electron chi connectivity index (χ4n) is 0.463. The number of hydrogen-bond donors (Lipinski definition) is 1. The fraction of sp³-hybridized carbons (Fsp3) is 0.400. The molecule has 0 saturated heterocycles. The highest BCUT2D eigenvalue weighted by Crippen LogP contribution is 2.18. The lowest BCUT2D eigenvalue weighted by Crippen LogP contribution is -2.32. The minimum absolute atomic E-state index is 0.0733. The Morgan fingerprint density at radius 1 is 1.89 bits per heavy atom. The Labute approximate surface area is 72.5 Å². The first kappa shape index (κ1) is 7.34. The van der Waals surface area contributed by atoms with E-state index < -0.39 is 0 Å². The van der Waals surface area contributed by atoms with E-state index in [0.29, 0.717) is 5.17 Å². The minimum atomic E-state index is -0.0733. The van der Waals surface area contributed by atoms with Gasteiger partial charge in [-0.1, -0.05) is 11.6 Å². The molecule has 1 heterocycles. The number of halogens is 2. The number of hydrazone groups is 1. The second-order valence-corrected chi connectivity index (χ2v) is 4.58. The van der Waals surface area contributed by atoms with E-state index in [-0.39, 0.29) is 3.55 Å². The average Bonchev–Trinajstić information content (AvgIpc) is 1.78. The second-order valence-electron chi connectivity index (χ2n) is 1.96. The maximum atomic E-state index is 5.54. The summed E-state index contributed by atoms with van der Waals surface area (Å²) in [7, 11) is 0. The Morgan fingerprint density at radius 3 is 2.89 bits per heavy atom. The zero-order valence-corrected chi connectivity index (χ0v) is 7.77. The summed E-state index contributed by atoms with van der Waals surface area (Å²) in [6.45, 7) is 2.01. The summed E-state index contributed by atoms with van der Waals surface area (Å²) in [6, 6.07) is 0. The van der Waals surface area contributed by atoms with Crippen molar-refractivity contribution in [3.8, 4) is 0 Å². The van der Waals surface area contributed by atoms with Crippen LogP contribution in [0, 0.1) is 0 Å². The number of rotatable bonds is 0. The summed E-state index contributed by atoms with van der Waals surface area (Å²) in [5, 5.41) is 4.32. The van der Waals surface area contributed by atoms with E-state index in [1.54, 1.807) is 6.08 Å². The summed E-state index contributed by atoms with van der Waals surface area (Å²) in [5.74, 6) is 0. The molecule has 0 spiro atoms. The van der Waals surface area contributed by atoms with Gasteiger partial charge in [-0.15, -0.1) is 0 Å². The van der Waals surface area contributed by atoms with Crippen LogP contribution in [0.4, 0.5) is 0 Å². The zero-order valence-electron chi connectivity index (χ0n) is 4.86. The van der Waals surface area contributed by atoms with Crippen molar-refractivity contribution >= 4 is 39.4 Å². The van der Waals surface area contributed by atoms with Crippen molar-refractivity contribution in [1.82, 2.24) is 5.43 Å². The molecule has 0 saturated carbocycles. The van der Waals surface area contributed by atoms with E-state index in [9.17, 15) is 0 Å². The maximum Gasteiger partial charge on any atom is 0.148 e. The molecule has 50 valence electrons. The van der Waals surface area contributed by atoms with Crippen LogP contribution in [0.25, 0.3) is 0 Å². The van der Waals surface area contributed by atoms with E-state index in [2.05, 4.69) is 33.1 Å². The fourth-order valence-corrected chi connectivity index (χ4v) is 0.868. The quantitative estimate of drug-likeness (QED) is 0.399. The lowest BCUT2D eigenvalue weighted by molar-refractivity contribution is 0.644. The Balaban J connectivity index is 2.70. The SMILES string of the molecule is CC1(I)C=CC(Cl)=NN1. The van der Waals surface area contributed by atoms with Gasteiger partial charge in [-0.05, 0) is 41.7 Å². The van der Waals surface area contributed by atoms with Crippen molar-refractivity contribution in [2.75, 3.05) is 0 Å². The van der Waals surface area contributed by atoms with E-state index in [1.807, 2.05) is 13.0 Å². The van der Waals surface area contributed by atoms with Crippen molar-refractivity contribution in [2.45, 2.75) is 10.5 Å². The highest BCUT2D eigenvalue weighted by molar-refractivity contribution is 14.1. The standard InChI is InChI=1S/C5H6ClIN2/c1-5(7)3-2-4(6)8-9-5/h2-3,9H,1H3. The molecule has 0 radical (unpaired) electrons. The summed E-state index contributed by atoms with van der Waals surface area (Å²) in [4.78, 5) is 0. The first-order valence-corrected chi connectivity index (χ1v) is 3.94. The van der Waals surface area contributed by atoms with Gasteiger partial charge in [-0.3, -0.25) is 5.43 Å². The summed E-state index contributed by atoms with van der Waals surface area (Å²) in [5.41, 5.74) is 2.86. The Bertz CT molecular complexity index is 174. The van der Waals surface area contributed by atoms with E-state index >= 15 is 0 Å². The number of hydrogen-bond acceptors (Lipinski definition) is 2. The second kappa shape index (κ2) is 2.46. The molecule has 9 heavy (non-hydrogen) atoms. The number of alkyl halides is 1. The third-order valence-corrected chi connectivity index (χ3v) is 1.73. The molecule has 0 aromatic carbocycles. The van der Waals surface area contributed by atoms with Crippen LogP contribution in [0.15, 0.2) is 17.3 Å². The van der Waals surface area contributed by atoms with Gasteiger partial charge in [0.25, 0.3) is 0 Å². The molecule has 1 aliphatic heterocycles. The molecule has 0 bridgehead atoms. The first-order valence-electron chi connectivity index (χ1n) is 2.49. The highest BCUT2D eigenvalue weighted by Gasteiger charge is 2.16. The third kappa shape index (κ3) is 2.14. The Hall–Kier alpha value is 0.230. The van der Waals surface area contributed by atoms with Crippen LogP contribution in [0.5, 0.6) is 0 Å². The molecule has 0 amide bonds. The number of allylic oxidation sites excluding steroid dienone is 1. The molecule has 0 aliphatic carbocycles. The van der Waals surface area contributed by atoms with Gasteiger partial charge in [0.15, 0.2) is 0 Å². The highest BCUT2D eigenvalue weighted by atomic mass is 127. The van der Waals surface area contributed by atoms with E-state index in [4.69, 9.17) is 11.6 Å². The summed E-state index contributed by atoms with van der Waals surface area (Å²) < 4.78 is -0.0733. The molecule has 0 fully saturated rings. The summed E-state index contributed by atoms with van der Waals surface area (Å²) in [6.07, 6.45) is 3.74. The third-order valence-electron chi connectivity index (χ3n) is 0.915. The molecule has 0 aromatic rings. The van der Waals surface area contributed by atoms with E-state index in [1.165, 1.54) is 0 Å². The number of nitrogens with one attached hydrogen (secondary N) is 1. The number of nitrogens with zero attached hydrogens (tertiary/aromatic N) is 1. The molecule has 0 aromatic heterocycles. The predicted molar refractivity (Wildman–Crippen MR) is 48.0 cm³/mol. The van der Waals surface area contributed by atoms with Gasteiger partial charge in [0.2, 0.25) is 0 Å². The van der Waals surface area contributed by atoms with Gasteiger partial charge < -0.3 is 0 Å². The van der Waals surface area contributed by atoms with Crippen molar-refractivity contribution in [3.05, 3.63) is 12.2 Å². The zero-order chi connectivity index (χ0) is 6.91. The molecular weight excluding hydrogens is 250 g/mol. The van der Waals surface area contributed by atoms with Crippen LogP contribution in [0.3, 0.4) is 0 Å². The molecule has 1 rings (SSSR count). The maximum absolute atomic E-state index is 5.54. The molecular formula is C5H6ClIN2.